The molecule has 0 aliphatic carbocycles. The van der Waals surface area contributed by atoms with E-state index in [4.69, 9.17) is 16.3 Å². The molecule has 0 spiro atoms. The molecule has 0 radical (unpaired) electrons. The van der Waals surface area contributed by atoms with Crippen LogP contribution in [0.25, 0.3) is 0 Å². The number of aliphatic imine (C=N–C) groups is 1. The van der Waals surface area contributed by atoms with Crippen molar-refractivity contribution in [3.05, 3.63) is 62.7 Å². The van der Waals surface area contributed by atoms with Crippen molar-refractivity contribution in [1.29, 1.82) is 0 Å². The molecule has 10 heteroatoms. The molecule has 2 saturated heterocycles. The number of benzene rings is 2. The second-order valence-corrected chi connectivity index (χ2v) is 8.61. The molecule has 0 aromatic heterocycles. The van der Waals surface area contributed by atoms with E-state index in [1.54, 1.807) is 17.0 Å². The van der Waals surface area contributed by atoms with Crippen LogP contribution in [0.15, 0.2) is 41.4 Å². The predicted octanol–water partition coefficient (Wildman–Crippen LogP) is 4.27. The molecule has 2 aliphatic heterocycles. The summed E-state index contributed by atoms with van der Waals surface area (Å²) >= 11 is 7.69. The molecular weight excluding hydrogens is 440 g/mol. The number of morpholine rings is 1. The van der Waals surface area contributed by atoms with Crippen LogP contribution in [-0.4, -0.2) is 59.5 Å². The van der Waals surface area contributed by atoms with Gasteiger partial charge in [0.05, 0.1) is 35.1 Å². The van der Waals surface area contributed by atoms with E-state index in [-0.39, 0.29) is 11.6 Å². The SMILES string of the molecule is Cc1c(Cl)cccc1N=C1SCCN1C(=O)c1cc([N+](=O)[O-])ccc1N1CCOCC1. The van der Waals surface area contributed by atoms with Crippen LogP contribution < -0.4 is 4.90 Å². The summed E-state index contributed by atoms with van der Waals surface area (Å²) in [5.41, 5.74) is 2.39. The first-order valence-corrected chi connectivity index (χ1v) is 11.2. The number of carbonyl (C=O) groups is 1. The zero-order valence-corrected chi connectivity index (χ0v) is 18.5. The Bertz CT molecular complexity index is 1060. The summed E-state index contributed by atoms with van der Waals surface area (Å²) < 4.78 is 5.41. The van der Waals surface area contributed by atoms with Crippen LogP contribution in [0.2, 0.25) is 5.02 Å². The third-order valence-corrected chi connectivity index (χ3v) is 6.62. The maximum Gasteiger partial charge on any atom is 0.270 e. The van der Waals surface area contributed by atoms with E-state index in [1.165, 1.54) is 23.9 Å². The van der Waals surface area contributed by atoms with Crippen molar-refractivity contribution in [2.75, 3.05) is 43.5 Å². The van der Waals surface area contributed by atoms with Gasteiger partial charge in [-0.05, 0) is 30.7 Å². The molecule has 0 saturated carbocycles. The molecule has 2 aromatic carbocycles. The summed E-state index contributed by atoms with van der Waals surface area (Å²) in [6, 6.07) is 9.91. The summed E-state index contributed by atoms with van der Waals surface area (Å²) in [4.78, 5) is 32.7. The minimum atomic E-state index is -0.483. The predicted molar refractivity (Wildman–Crippen MR) is 123 cm³/mol. The molecule has 2 aromatic rings. The van der Waals surface area contributed by atoms with Crippen molar-refractivity contribution in [3.63, 3.8) is 0 Å². The standard InChI is InChI=1S/C21H21ClN4O4S/c1-14-17(22)3-2-4-18(14)23-21-25(9-12-31-21)20(27)16-13-15(26(28)29)5-6-19(16)24-7-10-30-11-8-24/h2-6,13H,7-12H2,1H3. The number of ether oxygens (including phenoxy) is 1. The van der Waals surface area contributed by atoms with E-state index in [2.05, 4.69) is 4.99 Å². The number of nitro groups is 1. The molecule has 0 bridgehead atoms. The number of amidine groups is 1. The van der Waals surface area contributed by atoms with Crippen LogP contribution in [-0.2, 0) is 4.74 Å². The number of hydrogen-bond donors (Lipinski definition) is 0. The van der Waals surface area contributed by atoms with Gasteiger partial charge >= 0.3 is 0 Å². The Morgan fingerprint density at radius 1 is 1.23 bits per heavy atom. The largest absolute Gasteiger partial charge is 0.378 e. The quantitative estimate of drug-likeness (QED) is 0.500. The van der Waals surface area contributed by atoms with Gasteiger partial charge in [0.2, 0.25) is 0 Å². The summed E-state index contributed by atoms with van der Waals surface area (Å²) in [5, 5.41) is 12.5. The van der Waals surface area contributed by atoms with Gasteiger partial charge < -0.3 is 9.64 Å². The third kappa shape index (κ3) is 4.53. The average molecular weight is 461 g/mol. The highest BCUT2D eigenvalue weighted by molar-refractivity contribution is 8.14. The summed E-state index contributed by atoms with van der Waals surface area (Å²) in [7, 11) is 0. The topological polar surface area (TPSA) is 88.3 Å². The van der Waals surface area contributed by atoms with Crippen molar-refractivity contribution in [2.24, 2.45) is 4.99 Å². The van der Waals surface area contributed by atoms with Crippen molar-refractivity contribution < 1.29 is 14.5 Å². The van der Waals surface area contributed by atoms with Crippen LogP contribution in [0, 0.1) is 17.0 Å². The number of carbonyl (C=O) groups excluding carboxylic acids is 1. The van der Waals surface area contributed by atoms with Gasteiger partial charge in [-0.3, -0.25) is 19.8 Å². The van der Waals surface area contributed by atoms with E-state index < -0.39 is 4.92 Å². The van der Waals surface area contributed by atoms with Gasteiger partial charge in [0.15, 0.2) is 5.17 Å². The highest BCUT2D eigenvalue weighted by Crippen LogP contribution is 2.32. The summed E-state index contributed by atoms with van der Waals surface area (Å²) in [5.74, 6) is 0.403. The van der Waals surface area contributed by atoms with Crippen LogP contribution in [0.3, 0.4) is 0 Å². The minimum Gasteiger partial charge on any atom is -0.378 e. The number of hydrogen-bond acceptors (Lipinski definition) is 7. The second-order valence-electron chi connectivity index (χ2n) is 7.14. The Balaban J connectivity index is 1.72. The Kier molecular flexibility index (Phi) is 6.45. The lowest BCUT2D eigenvalue weighted by atomic mass is 10.1. The Labute approximate surface area is 189 Å². The first kappa shape index (κ1) is 21.6. The number of nitrogens with zero attached hydrogens (tertiary/aromatic N) is 4. The number of thioether (sulfide) groups is 1. The number of non-ortho nitro benzene ring substituents is 1. The number of rotatable bonds is 4. The zero-order valence-electron chi connectivity index (χ0n) is 16.9. The van der Waals surface area contributed by atoms with Gasteiger partial charge in [-0.1, -0.05) is 29.4 Å². The van der Waals surface area contributed by atoms with Gasteiger partial charge in [-0.15, -0.1) is 0 Å². The van der Waals surface area contributed by atoms with Crippen molar-refractivity contribution in [3.8, 4) is 0 Å². The normalized spacial score (nSPS) is 17.9. The first-order chi connectivity index (χ1) is 15.0. The smallest absolute Gasteiger partial charge is 0.270 e. The molecule has 162 valence electrons. The maximum atomic E-state index is 13.6. The van der Waals surface area contributed by atoms with Crippen LogP contribution in [0.4, 0.5) is 17.1 Å². The van der Waals surface area contributed by atoms with E-state index in [0.717, 1.165) is 5.56 Å². The fraction of sp³-hybridized carbons (Fsp3) is 0.333. The molecule has 4 rings (SSSR count). The maximum absolute atomic E-state index is 13.6. The molecule has 2 aliphatic rings. The average Bonchev–Trinajstić information content (AvgIpc) is 3.24. The molecule has 0 atom stereocenters. The molecule has 2 heterocycles. The summed E-state index contributed by atoms with van der Waals surface area (Å²) in [6.07, 6.45) is 0. The van der Waals surface area contributed by atoms with Crippen LogP contribution in [0.1, 0.15) is 15.9 Å². The van der Waals surface area contributed by atoms with Gasteiger partial charge in [0.1, 0.15) is 0 Å². The van der Waals surface area contributed by atoms with E-state index in [1.807, 2.05) is 24.0 Å². The van der Waals surface area contributed by atoms with Crippen molar-refractivity contribution in [2.45, 2.75) is 6.92 Å². The lowest BCUT2D eigenvalue weighted by molar-refractivity contribution is -0.384. The van der Waals surface area contributed by atoms with Crippen molar-refractivity contribution in [1.82, 2.24) is 4.90 Å². The molecule has 8 nitrogen and oxygen atoms in total. The first-order valence-electron chi connectivity index (χ1n) is 9.85. The fourth-order valence-corrected chi connectivity index (χ4v) is 4.66. The van der Waals surface area contributed by atoms with Crippen LogP contribution in [0.5, 0.6) is 0 Å². The third-order valence-electron chi connectivity index (χ3n) is 5.25. The number of nitro benzene ring substituents is 1. The molecule has 31 heavy (non-hydrogen) atoms. The lowest BCUT2D eigenvalue weighted by Gasteiger charge is -2.31. The molecule has 2 fully saturated rings. The molecular formula is C21H21ClN4O4S. The highest BCUT2D eigenvalue weighted by atomic mass is 35.5. The summed E-state index contributed by atoms with van der Waals surface area (Å²) in [6.45, 7) is 4.69. The minimum absolute atomic E-state index is 0.114. The highest BCUT2D eigenvalue weighted by Gasteiger charge is 2.31. The van der Waals surface area contributed by atoms with E-state index in [9.17, 15) is 14.9 Å². The van der Waals surface area contributed by atoms with Gasteiger partial charge in [-0.25, -0.2) is 4.99 Å². The van der Waals surface area contributed by atoms with Gasteiger partial charge in [0.25, 0.3) is 11.6 Å². The molecule has 0 N–H and O–H groups in total. The molecule has 1 amide bonds. The number of anilines is 1. The molecule has 0 unspecified atom stereocenters. The Morgan fingerprint density at radius 3 is 2.74 bits per heavy atom. The second kappa shape index (κ2) is 9.25. The lowest BCUT2D eigenvalue weighted by Crippen LogP contribution is -2.39. The van der Waals surface area contributed by atoms with Gasteiger partial charge in [0, 0.05) is 42.5 Å². The van der Waals surface area contributed by atoms with Crippen molar-refractivity contribution >= 4 is 51.5 Å². The zero-order chi connectivity index (χ0) is 22.0. The number of halogens is 1. The monoisotopic (exact) mass is 460 g/mol. The van der Waals surface area contributed by atoms with Gasteiger partial charge in [-0.2, -0.15) is 0 Å². The van der Waals surface area contributed by atoms with E-state index in [0.29, 0.717) is 65.7 Å². The Hall–Kier alpha value is -2.62. The fourth-order valence-electron chi connectivity index (χ4n) is 3.54. The number of amides is 1. The van der Waals surface area contributed by atoms with Crippen LogP contribution >= 0.6 is 23.4 Å². The Morgan fingerprint density at radius 2 is 2.00 bits per heavy atom. The van der Waals surface area contributed by atoms with E-state index >= 15 is 0 Å².